The number of aliphatic imine (C=N–C) groups is 2. The van der Waals surface area contributed by atoms with E-state index in [0.717, 1.165) is 22.5 Å². The monoisotopic (exact) mass is 1020 g/mol. The van der Waals surface area contributed by atoms with Crippen LogP contribution in [0.1, 0.15) is 68.7 Å². The Morgan fingerprint density at radius 1 is 0.560 bits per heavy atom. The molecule has 0 saturated heterocycles. The average Bonchev–Trinajstić information content (AvgIpc) is 3.92. The Labute approximate surface area is 431 Å². The second kappa shape index (κ2) is 22.8. The summed E-state index contributed by atoms with van der Waals surface area (Å²) in [6.07, 6.45) is 6.24. The topological polar surface area (TPSA) is 248 Å². The van der Waals surface area contributed by atoms with E-state index in [2.05, 4.69) is 26.6 Å². The van der Waals surface area contributed by atoms with Crippen LogP contribution in [-0.4, -0.2) is 107 Å². The van der Waals surface area contributed by atoms with Crippen molar-refractivity contribution in [3.05, 3.63) is 124 Å². The molecule has 20 nitrogen and oxygen atoms in total. The van der Waals surface area contributed by atoms with Crippen molar-refractivity contribution < 1.29 is 52.5 Å². The van der Waals surface area contributed by atoms with Crippen LogP contribution < -0.4 is 55.3 Å². The predicted molar refractivity (Wildman–Crippen MR) is 279 cm³/mol. The summed E-state index contributed by atoms with van der Waals surface area (Å²) in [6.45, 7) is -1.32. The third-order valence-corrected chi connectivity index (χ3v) is 13.1. The number of fused-ring (bicyclic) bond motifs is 8. The molecule has 20 heteroatoms. The normalized spacial score (nSPS) is 15.4. The molecule has 5 aromatic rings. The number of anilines is 3. The quantitative estimate of drug-likeness (QED) is 0.0647. The van der Waals surface area contributed by atoms with E-state index in [9.17, 15) is 33.6 Å². The van der Waals surface area contributed by atoms with Crippen LogP contribution in [0.3, 0.4) is 0 Å². The van der Waals surface area contributed by atoms with Crippen molar-refractivity contribution in [2.45, 2.75) is 63.8 Å². The van der Waals surface area contributed by atoms with Gasteiger partial charge < -0.3 is 45.5 Å². The molecule has 0 radical (unpaired) electrons. The van der Waals surface area contributed by atoms with Gasteiger partial charge >= 0.3 is 0 Å². The van der Waals surface area contributed by atoms with Crippen molar-refractivity contribution in [2.75, 3.05) is 56.0 Å². The number of benzene rings is 5. The Balaban J connectivity index is 0.883. The number of methoxy groups -OCH3 is 2. The summed E-state index contributed by atoms with van der Waals surface area (Å²) in [5.74, 6) is -1.50. The minimum absolute atomic E-state index is 0.0417. The zero-order chi connectivity index (χ0) is 52.6. The van der Waals surface area contributed by atoms with Crippen molar-refractivity contribution in [3.8, 4) is 23.0 Å². The van der Waals surface area contributed by atoms with Gasteiger partial charge in [-0.2, -0.15) is 0 Å². The highest BCUT2D eigenvalue weighted by atomic mass is 16.5. The van der Waals surface area contributed by atoms with Crippen LogP contribution in [0, 0.1) is 0 Å². The molecule has 75 heavy (non-hydrogen) atoms. The van der Waals surface area contributed by atoms with Crippen LogP contribution in [-0.2, 0) is 50.0 Å². The van der Waals surface area contributed by atoms with Crippen molar-refractivity contribution in [3.63, 3.8) is 0 Å². The zero-order valence-corrected chi connectivity index (χ0v) is 41.5. The first-order valence-corrected chi connectivity index (χ1v) is 24.4. The summed E-state index contributed by atoms with van der Waals surface area (Å²) in [7, 11) is 4.50. The van der Waals surface area contributed by atoms with Gasteiger partial charge in [0.2, 0.25) is 29.5 Å². The fourth-order valence-electron chi connectivity index (χ4n) is 9.35. The van der Waals surface area contributed by atoms with Gasteiger partial charge in [0, 0.05) is 74.4 Å². The maximum atomic E-state index is 14.0. The highest BCUT2D eigenvalue weighted by Crippen LogP contribution is 2.43. The summed E-state index contributed by atoms with van der Waals surface area (Å²) >= 11 is 0. The molecule has 4 aliphatic heterocycles. The second-order valence-electron chi connectivity index (χ2n) is 18.1. The first-order chi connectivity index (χ1) is 36.4. The minimum Gasteiger partial charge on any atom is -0.493 e. The number of para-hydroxylation sites is 2. The van der Waals surface area contributed by atoms with Crippen LogP contribution >= 0.6 is 0 Å². The fourth-order valence-corrected chi connectivity index (χ4v) is 9.35. The molecule has 7 amide bonds. The van der Waals surface area contributed by atoms with Gasteiger partial charge in [0.15, 0.2) is 23.0 Å². The van der Waals surface area contributed by atoms with Gasteiger partial charge in [-0.05, 0) is 77.6 Å². The Bertz CT molecular complexity index is 2990. The second-order valence-corrected chi connectivity index (χ2v) is 18.1. The third-order valence-electron chi connectivity index (χ3n) is 13.1. The molecule has 4 heterocycles. The molecule has 0 aliphatic carbocycles. The molecule has 0 bridgehead atoms. The molecular weight excluding hydrogens is 963 g/mol. The minimum atomic E-state index is -0.646. The van der Waals surface area contributed by atoms with Gasteiger partial charge in [-0.25, -0.2) is 0 Å². The number of amides is 7. The van der Waals surface area contributed by atoms with Crippen molar-refractivity contribution in [1.82, 2.24) is 21.3 Å². The number of unbranched alkanes of at least 4 members (excludes halogenated alkanes) is 1. The van der Waals surface area contributed by atoms with E-state index < -0.39 is 30.8 Å². The highest BCUT2D eigenvalue weighted by molar-refractivity contribution is 6.16. The molecule has 0 unspecified atom stereocenters. The molecule has 9 rings (SSSR count). The lowest BCUT2D eigenvalue weighted by atomic mass is 10.1. The molecule has 5 N–H and O–H groups in total. The number of hydrogen-bond donors (Lipinski definition) is 5. The smallest absolute Gasteiger partial charge is 0.261 e. The first kappa shape index (κ1) is 50.9. The highest BCUT2D eigenvalue weighted by Gasteiger charge is 2.38. The Kier molecular flexibility index (Phi) is 15.4. The van der Waals surface area contributed by atoms with E-state index in [-0.39, 0.29) is 61.9 Å². The number of carbonyl (C=O) groups excluding carboxylic acids is 7. The Morgan fingerprint density at radius 3 is 1.49 bits per heavy atom. The van der Waals surface area contributed by atoms with Crippen molar-refractivity contribution >= 4 is 82.2 Å². The van der Waals surface area contributed by atoms with Crippen LogP contribution in [0.15, 0.2) is 101 Å². The molecule has 5 aromatic carbocycles. The Morgan fingerprint density at radius 2 is 1.01 bits per heavy atom. The summed E-state index contributed by atoms with van der Waals surface area (Å²) in [4.78, 5) is 103. The maximum Gasteiger partial charge on any atom is 0.261 e. The van der Waals surface area contributed by atoms with E-state index in [1.54, 1.807) is 58.6 Å². The van der Waals surface area contributed by atoms with Gasteiger partial charge in [-0.1, -0.05) is 36.4 Å². The van der Waals surface area contributed by atoms with Crippen molar-refractivity contribution in [1.29, 1.82) is 0 Å². The van der Waals surface area contributed by atoms with Gasteiger partial charge in [-0.15, -0.1) is 0 Å². The molecule has 0 saturated carbocycles. The lowest BCUT2D eigenvalue weighted by molar-refractivity contribution is -0.128. The van der Waals surface area contributed by atoms with Crippen LogP contribution in [0.2, 0.25) is 0 Å². The lowest BCUT2D eigenvalue weighted by Gasteiger charge is -2.22. The van der Waals surface area contributed by atoms with Crippen LogP contribution in [0.4, 0.5) is 28.4 Å². The van der Waals surface area contributed by atoms with Crippen LogP contribution in [0.5, 0.6) is 23.0 Å². The molecule has 0 fully saturated rings. The van der Waals surface area contributed by atoms with E-state index in [4.69, 9.17) is 28.9 Å². The van der Waals surface area contributed by atoms with Crippen molar-refractivity contribution in [2.24, 2.45) is 9.98 Å². The number of nitrogens with one attached hydrogen (secondary N) is 5. The average molecular weight is 1020 g/mol. The van der Waals surface area contributed by atoms with Gasteiger partial charge in [0.1, 0.15) is 13.2 Å². The SMILES string of the molecule is CNC(=O)CCCCC(=O)NCC(=O)NCC(=O)NCC(=O)Nc1cc(COc2cc3c(cc2OC)C(=O)N2c4ccccc4C[C@H]2C=N3)cc(COc2cc3c(cc2OC)C(=O)N2c4ccccc4C[C@H]2C=N3)c1. The number of carbonyl (C=O) groups is 7. The fraction of sp³-hybridized carbons (Fsp3) is 0.291. The molecule has 4 aliphatic rings. The van der Waals surface area contributed by atoms with Crippen LogP contribution in [0.25, 0.3) is 0 Å². The third kappa shape index (κ3) is 11.6. The van der Waals surface area contributed by atoms with Gasteiger partial charge in [0.25, 0.3) is 11.8 Å². The first-order valence-electron chi connectivity index (χ1n) is 24.4. The predicted octanol–water partition coefficient (Wildman–Crippen LogP) is 5.03. The number of rotatable bonds is 20. The van der Waals surface area contributed by atoms with E-state index in [0.29, 0.717) is 94.4 Å². The maximum absolute atomic E-state index is 14.0. The number of ether oxygens (including phenoxy) is 4. The summed E-state index contributed by atoms with van der Waals surface area (Å²) < 4.78 is 24.2. The number of nitrogens with zero attached hydrogens (tertiary/aromatic N) is 4. The van der Waals surface area contributed by atoms with Gasteiger partial charge in [-0.3, -0.25) is 53.3 Å². The summed E-state index contributed by atoms with van der Waals surface area (Å²) in [5, 5.41) is 12.7. The Hall–Kier alpha value is -9.07. The summed E-state index contributed by atoms with van der Waals surface area (Å²) in [5.41, 5.74) is 6.85. The summed E-state index contributed by atoms with van der Waals surface area (Å²) in [6, 6.07) is 26.8. The van der Waals surface area contributed by atoms with Gasteiger partial charge in [0.05, 0.1) is 68.4 Å². The van der Waals surface area contributed by atoms with E-state index in [1.807, 2.05) is 54.6 Å². The van der Waals surface area contributed by atoms with E-state index in [1.165, 1.54) is 21.3 Å². The standard InChI is InChI=1S/C55H55N9O11/c1-56-49(65)14-8-9-15-50(66)59-27-51(67)60-28-52(68)61-29-53(69)62-36-17-32(30-74-47-23-41-39(21-45(47)72-2)54(70)63-37(25-57-41)19-34-10-4-6-12-43(34)63)16-33(18-36)31-75-48-24-42-40(22-46(48)73-3)55(71)64-38(26-58-42)20-35-11-5-7-13-44(35)64/h4-7,10-13,16-18,21-26,37-38H,8-9,14-15,19-20,27-31H2,1-3H3,(H,56,65)(H,59,66)(H,60,67)(H,61,68)(H,62,69)/t37-,38-/m0/s1. The molecule has 0 aromatic heterocycles. The number of hydrogen-bond acceptors (Lipinski definition) is 13. The molecule has 2 atom stereocenters. The molecule has 386 valence electrons. The molecule has 0 spiro atoms. The zero-order valence-electron chi connectivity index (χ0n) is 41.5. The largest absolute Gasteiger partial charge is 0.493 e. The van der Waals surface area contributed by atoms with E-state index >= 15 is 0 Å². The lowest BCUT2D eigenvalue weighted by Crippen LogP contribution is -2.43. The molecular formula is C55H55N9O11.